The lowest BCUT2D eigenvalue weighted by atomic mass is 10.1. The zero-order chi connectivity index (χ0) is 26.8. The number of ether oxygens (including phenoxy) is 2. The molecule has 3 rings (SSSR count). The summed E-state index contributed by atoms with van der Waals surface area (Å²) < 4.78 is 33.8. The zero-order valence-corrected chi connectivity index (χ0v) is 22.5. The van der Waals surface area contributed by atoms with Gasteiger partial charge in [-0.05, 0) is 44.4 Å². The highest BCUT2D eigenvalue weighted by Gasteiger charge is 2.22. The monoisotopic (exact) mass is 545 g/mol. The predicted octanol–water partition coefficient (Wildman–Crippen LogP) is 3.69. The maximum absolute atomic E-state index is 13.7. The molecule has 0 bridgehead atoms. The van der Waals surface area contributed by atoms with E-state index in [2.05, 4.69) is 4.98 Å². The molecule has 0 radical (unpaired) electrons. The van der Waals surface area contributed by atoms with Crippen LogP contribution in [-0.4, -0.2) is 55.5 Å². The first-order chi connectivity index (χ1) is 17.7. The van der Waals surface area contributed by atoms with Crippen molar-refractivity contribution >= 4 is 33.1 Å². The third-order valence-corrected chi connectivity index (χ3v) is 6.77. The molecule has 11 heteroatoms. The average molecular weight is 546 g/mol. The van der Waals surface area contributed by atoms with Crippen molar-refractivity contribution in [2.45, 2.75) is 33.2 Å². The highest BCUT2D eigenvalue weighted by atomic mass is 32.2. The van der Waals surface area contributed by atoms with Crippen molar-refractivity contribution in [1.29, 1.82) is 0 Å². The van der Waals surface area contributed by atoms with Crippen molar-refractivity contribution < 1.29 is 27.5 Å². The van der Waals surface area contributed by atoms with Gasteiger partial charge in [0, 0.05) is 23.6 Å². The highest BCUT2D eigenvalue weighted by Crippen LogP contribution is 2.25. The fraction of sp³-hybridized carbons (Fsp3) is 0.346. The molecule has 0 aliphatic rings. The maximum Gasteiger partial charge on any atom is 0.254 e. The van der Waals surface area contributed by atoms with E-state index in [1.54, 1.807) is 23.1 Å². The number of aromatic nitrogens is 1. The Morgan fingerprint density at radius 1 is 1.03 bits per heavy atom. The summed E-state index contributed by atoms with van der Waals surface area (Å²) >= 11 is 1.19. The van der Waals surface area contributed by atoms with Crippen LogP contribution in [0.1, 0.15) is 51.7 Å². The van der Waals surface area contributed by atoms with Crippen LogP contribution >= 0.6 is 11.3 Å². The van der Waals surface area contributed by atoms with Crippen molar-refractivity contribution in [1.82, 2.24) is 9.88 Å². The molecule has 1 aromatic heterocycles. The molecule has 0 saturated heterocycles. The van der Waals surface area contributed by atoms with Gasteiger partial charge in [0.15, 0.2) is 5.78 Å². The van der Waals surface area contributed by atoms with E-state index >= 15 is 0 Å². The van der Waals surface area contributed by atoms with Gasteiger partial charge in [-0.1, -0.05) is 30.3 Å². The van der Waals surface area contributed by atoms with Crippen LogP contribution in [0.5, 0.6) is 11.5 Å². The molecule has 1 heterocycles. The van der Waals surface area contributed by atoms with Gasteiger partial charge < -0.3 is 14.4 Å². The van der Waals surface area contributed by atoms with Gasteiger partial charge in [-0.15, -0.1) is 11.3 Å². The van der Waals surface area contributed by atoms with Crippen molar-refractivity contribution in [3.63, 3.8) is 0 Å². The summed E-state index contributed by atoms with van der Waals surface area (Å²) in [6.07, 6.45) is 1.49. The number of primary sulfonamides is 1. The van der Waals surface area contributed by atoms with E-state index in [9.17, 15) is 18.0 Å². The molecule has 0 unspecified atom stereocenters. The minimum absolute atomic E-state index is 0.0164. The second kappa shape index (κ2) is 13.3. The zero-order valence-electron chi connectivity index (χ0n) is 20.9. The van der Waals surface area contributed by atoms with Crippen molar-refractivity contribution in [2.24, 2.45) is 5.14 Å². The Labute approximate surface area is 221 Å². The van der Waals surface area contributed by atoms with Crippen LogP contribution < -0.4 is 14.6 Å². The minimum Gasteiger partial charge on any atom is -0.494 e. The lowest BCUT2D eigenvalue weighted by molar-refractivity contribution is 0.0740. The number of aryl methyl sites for hydroxylation is 1. The predicted molar refractivity (Wildman–Crippen MR) is 143 cm³/mol. The summed E-state index contributed by atoms with van der Waals surface area (Å²) in [6, 6.07) is 15.1. The second-order valence-electron chi connectivity index (χ2n) is 8.23. The summed E-state index contributed by atoms with van der Waals surface area (Å²) in [5.74, 6) is -0.668. The Balaban J connectivity index is 1.83. The number of benzene rings is 2. The van der Waals surface area contributed by atoms with E-state index in [1.807, 2.05) is 44.2 Å². The highest BCUT2D eigenvalue weighted by molar-refractivity contribution is 7.89. The van der Waals surface area contributed by atoms with Crippen LogP contribution in [0.3, 0.4) is 0 Å². The fourth-order valence-electron chi connectivity index (χ4n) is 3.68. The van der Waals surface area contributed by atoms with E-state index in [4.69, 9.17) is 14.6 Å². The quantitative estimate of drug-likeness (QED) is 0.306. The molecule has 2 N–H and O–H groups in total. The van der Waals surface area contributed by atoms with E-state index in [-0.39, 0.29) is 18.1 Å². The average Bonchev–Trinajstić information content (AvgIpc) is 3.32. The van der Waals surface area contributed by atoms with Gasteiger partial charge >= 0.3 is 0 Å². The van der Waals surface area contributed by atoms with Crippen LogP contribution in [0, 0.1) is 0 Å². The fourth-order valence-corrected chi connectivity index (χ4v) is 5.01. The first-order valence-electron chi connectivity index (χ1n) is 11.9. The molecule has 0 saturated carbocycles. The van der Waals surface area contributed by atoms with Crippen LogP contribution in [0.15, 0.2) is 53.9 Å². The van der Waals surface area contributed by atoms with E-state index in [1.165, 1.54) is 16.7 Å². The molecule has 0 fully saturated rings. The van der Waals surface area contributed by atoms with Gasteiger partial charge in [0.25, 0.3) is 5.91 Å². The number of nitrogens with zero attached hydrogens (tertiary/aromatic N) is 2. The van der Waals surface area contributed by atoms with E-state index in [0.29, 0.717) is 48.2 Å². The van der Waals surface area contributed by atoms with Crippen molar-refractivity contribution in [2.75, 3.05) is 25.5 Å². The molecule has 2 aromatic carbocycles. The summed E-state index contributed by atoms with van der Waals surface area (Å²) in [7, 11) is -3.96. The number of sulfonamides is 1. The van der Waals surface area contributed by atoms with Gasteiger partial charge in [-0.25, -0.2) is 18.5 Å². The molecule has 198 valence electrons. The number of ketones is 1. The summed E-state index contributed by atoms with van der Waals surface area (Å²) in [6.45, 7) is 5.21. The van der Waals surface area contributed by atoms with E-state index in [0.717, 1.165) is 12.0 Å². The molecule has 3 aromatic rings. The lowest BCUT2D eigenvalue weighted by Gasteiger charge is -2.22. The number of hydrogen-bond acceptors (Lipinski definition) is 8. The number of hydrogen-bond donors (Lipinski definition) is 1. The van der Waals surface area contributed by atoms with Crippen molar-refractivity contribution in [3.8, 4) is 11.5 Å². The van der Waals surface area contributed by atoms with Crippen molar-refractivity contribution in [3.05, 3.63) is 75.7 Å². The van der Waals surface area contributed by atoms with Gasteiger partial charge in [0.2, 0.25) is 10.0 Å². The molecule has 9 nitrogen and oxygen atoms in total. The largest absolute Gasteiger partial charge is 0.494 e. The summed E-state index contributed by atoms with van der Waals surface area (Å²) in [5, 5.41) is 6.98. The molecular weight excluding hydrogens is 514 g/mol. The molecule has 0 aliphatic heterocycles. The molecule has 0 aliphatic carbocycles. The number of rotatable bonds is 14. The first-order valence-corrected chi connectivity index (χ1v) is 14.5. The number of amides is 1. The van der Waals surface area contributed by atoms with Gasteiger partial charge in [0.1, 0.15) is 28.0 Å². The molecule has 0 spiro atoms. The third-order valence-electron chi connectivity index (χ3n) is 5.27. The standard InChI is InChI=1S/C26H31N3O6S2/c1-3-34-21-13-20(14-22(15-21)35-4-2)26(31)29(12-8-11-19-9-6-5-7-10-19)16-25-28-23(17-36-25)24(30)18-37(27,32)33/h5-7,9-10,13-15,17H,3-4,8,11-12,16,18H2,1-2H3,(H2,27,32,33). The van der Waals surface area contributed by atoms with Crippen LogP contribution in [0.4, 0.5) is 0 Å². The molecular formula is C26H31N3O6S2. The van der Waals surface area contributed by atoms with Gasteiger partial charge in [-0.2, -0.15) is 0 Å². The minimum atomic E-state index is -3.96. The summed E-state index contributed by atoms with van der Waals surface area (Å²) in [5.41, 5.74) is 1.59. The smallest absolute Gasteiger partial charge is 0.254 e. The number of carbonyl (C=O) groups is 2. The molecule has 0 atom stereocenters. The SMILES string of the molecule is CCOc1cc(OCC)cc(C(=O)N(CCCc2ccccc2)Cc2nc(C(=O)CS(N)(=O)=O)cs2)c1. The molecule has 37 heavy (non-hydrogen) atoms. The maximum atomic E-state index is 13.7. The lowest BCUT2D eigenvalue weighted by Crippen LogP contribution is -2.32. The second-order valence-corrected chi connectivity index (χ2v) is 10.8. The van der Waals surface area contributed by atoms with Gasteiger partial charge in [0.05, 0.1) is 19.8 Å². The topological polar surface area (TPSA) is 129 Å². The Morgan fingerprint density at radius 2 is 1.68 bits per heavy atom. The molecule has 1 amide bonds. The third kappa shape index (κ3) is 8.96. The Bertz CT molecular complexity index is 1280. The number of Topliss-reactive ketones (excluding diaryl/α,β-unsaturated/α-hetero) is 1. The Kier molecular flexibility index (Phi) is 10.2. The summed E-state index contributed by atoms with van der Waals surface area (Å²) in [4.78, 5) is 31.8. The van der Waals surface area contributed by atoms with Crippen LogP contribution in [0.25, 0.3) is 0 Å². The van der Waals surface area contributed by atoms with Crippen LogP contribution in [-0.2, 0) is 23.0 Å². The van der Waals surface area contributed by atoms with Crippen LogP contribution in [0.2, 0.25) is 0 Å². The Hall–Kier alpha value is -3.28. The number of thiazole rings is 1. The number of carbonyl (C=O) groups excluding carboxylic acids is 2. The van der Waals surface area contributed by atoms with E-state index < -0.39 is 21.6 Å². The number of nitrogens with two attached hydrogens (primary N) is 1. The normalized spacial score (nSPS) is 11.2. The van der Waals surface area contributed by atoms with Gasteiger partial charge in [-0.3, -0.25) is 9.59 Å². The Morgan fingerprint density at radius 3 is 2.27 bits per heavy atom. The first kappa shape index (κ1) is 28.3.